The van der Waals surface area contributed by atoms with E-state index in [4.69, 9.17) is 10.5 Å². The van der Waals surface area contributed by atoms with Gasteiger partial charge >= 0.3 is 5.97 Å². The molecule has 3 unspecified atom stereocenters. The van der Waals surface area contributed by atoms with Crippen LogP contribution in [0, 0.1) is 11.8 Å². The summed E-state index contributed by atoms with van der Waals surface area (Å²) in [5, 5.41) is 0. The number of hydrogen-bond acceptors (Lipinski definition) is 3. The summed E-state index contributed by atoms with van der Waals surface area (Å²) < 4.78 is 7.48. The molecule has 4 heteroatoms. The SMILES string of the molecule is CCn1cc(N)cc1C(=O)OC1CCC(C)C(C)C1. The predicted molar refractivity (Wildman–Crippen MR) is 75.9 cm³/mol. The first-order valence-corrected chi connectivity index (χ1v) is 7.17. The molecule has 0 aromatic carbocycles. The van der Waals surface area contributed by atoms with Crippen LogP contribution in [0.1, 0.15) is 50.5 Å². The topological polar surface area (TPSA) is 57.2 Å². The number of nitrogens with zero attached hydrogens (tertiary/aromatic N) is 1. The van der Waals surface area contributed by atoms with Crippen LogP contribution < -0.4 is 5.73 Å². The number of ether oxygens (including phenoxy) is 1. The van der Waals surface area contributed by atoms with Crippen molar-refractivity contribution in [2.75, 3.05) is 5.73 Å². The predicted octanol–water partition coefficient (Wildman–Crippen LogP) is 3.07. The maximum absolute atomic E-state index is 12.2. The molecule has 0 radical (unpaired) electrons. The van der Waals surface area contributed by atoms with Crippen LogP contribution in [0.2, 0.25) is 0 Å². The molecule has 3 atom stereocenters. The Hall–Kier alpha value is -1.45. The maximum Gasteiger partial charge on any atom is 0.355 e. The van der Waals surface area contributed by atoms with Gasteiger partial charge in [-0.2, -0.15) is 0 Å². The minimum absolute atomic E-state index is 0.0557. The van der Waals surface area contributed by atoms with Gasteiger partial charge in [-0.25, -0.2) is 4.79 Å². The number of esters is 1. The Balaban J connectivity index is 2.01. The van der Waals surface area contributed by atoms with Gasteiger partial charge in [0.2, 0.25) is 0 Å². The van der Waals surface area contributed by atoms with E-state index in [1.165, 1.54) is 0 Å². The largest absolute Gasteiger partial charge is 0.458 e. The molecule has 1 saturated carbocycles. The first kappa shape index (κ1) is 14.0. The lowest BCUT2D eigenvalue weighted by Crippen LogP contribution is -2.29. The van der Waals surface area contributed by atoms with E-state index in [1.807, 2.05) is 11.5 Å². The average molecular weight is 264 g/mol. The number of nitrogens with two attached hydrogens (primary N) is 1. The molecule has 2 rings (SSSR count). The average Bonchev–Trinajstić information content (AvgIpc) is 2.75. The molecule has 4 nitrogen and oxygen atoms in total. The van der Waals surface area contributed by atoms with E-state index >= 15 is 0 Å². The molecular weight excluding hydrogens is 240 g/mol. The van der Waals surface area contributed by atoms with Crippen LogP contribution in [0.3, 0.4) is 0 Å². The van der Waals surface area contributed by atoms with Crippen LogP contribution in [0.25, 0.3) is 0 Å². The number of aryl methyl sites for hydroxylation is 1. The van der Waals surface area contributed by atoms with Gasteiger partial charge < -0.3 is 15.0 Å². The molecule has 1 aromatic rings. The lowest BCUT2D eigenvalue weighted by Gasteiger charge is -2.31. The fourth-order valence-electron chi connectivity index (χ4n) is 2.78. The Bertz CT molecular complexity index is 453. The van der Waals surface area contributed by atoms with Crippen molar-refractivity contribution in [1.82, 2.24) is 4.57 Å². The first-order chi connectivity index (χ1) is 9.01. The second-order valence-corrected chi connectivity index (χ2v) is 5.74. The fourth-order valence-corrected chi connectivity index (χ4v) is 2.78. The van der Waals surface area contributed by atoms with E-state index < -0.39 is 0 Å². The molecule has 1 aliphatic carbocycles. The maximum atomic E-state index is 12.2. The molecule has 1 aromatic heterocycles. The van der Waals surface area contributed by atoms with E-state index in [0.717, 1.165) is 31.7 Å². The molecular formula is C15H24N2O2. The van der Waals surface area contributed by atoms with Gasteiger partial charge in [0.05, 0.1) is 5.69 Å². The summed E-state index contributed by atoms with van der Waals surface area (Å²) in [5.74, 6) is 1.10. The molecule has 1 heterocycles. The van der Waals surface area contributed by atoms with Crippen LogP contribution >= 0.6 is 0 Å². The van der Waals surface area contributed by atoms with E-state index in [-0.39, 0.29) is 12.1 Å². The summed E-state index contributed by atoms with van der Waals surface area (Å²) in [6.45, 7) is 7.21. The second kappa shape index (κ2) is 5.68. The number of anilines is 1. The van der Waals surface area contributed by atoms with E-state index in [1.54, 1.807) is 12.3 Å². The van der Waals surface area contributed by atoms with Gasteiger partial charge in [-0.3, -0.25) is 0 Å². The highest BCUT2D eigenvalue weighted by Gasteiger charge is 2.28. The van der Waals surface area contributed by atoms with Gasteiger partial charge in [-0.1, -0.05) is 13.8 Å². The number of carbonyl (C=O) groups excluding carboxylic acids is 1. The van der Waals surface area contributed by atoms with Crippen molar-refractivity contribution in [2.45, 2.75) is 52.7 Å². The van der Waals surface area contributed by atoms with Crippen LogP contribution in [0.15, 0.2) is 12.3 Å². The van der Waals surface area contributed by atoms with Gasteiger partial charge in [0.1, 0.15) is 11.8 Å². The molecule has 1 aliphatic rings. The van der Waals surface area contributed by atoms with Crippen molar-refractivity contribution in [2.24, 2.45) is 11.8 Å². The standard InChI is InChI=1S/C15H24N2O2/c1-4-17-9-12(16)8-14(17)15(18)19-13-6-5-10(2)11(3)7-13/h8-11,13H,4-7,16H2,1-3H3. The summed E-state index contributed by atoms with van der Waals surface area (Å²) in [7, 11) is 0. The zero-order chi connectivity index (χ0) is 14.0. The summed E-state index contributed by atoms with van der Waals surface area (Å²) in [6, 6.07) is 1.70. The fraction of sp³-hybridized carbons (Fsp3) is 0.667. The van der Waals surface area contributed by atoms with Crippen LogP contribution in [0.5, 0.6) is 0 Å². The molecule has 0 saturated heterocycles. The lowest BCUT2D eigenvalue weighted by atomic mass is 9.80. The third-order valence-corrected chi connectivity index (χ3v) is 4.29. The van der Waals surface area contributed by atoms with Gasteiger partial charge in [0, 0.05) is 12.7 Å². The first-order valence-electron chi connectivity index (χ1n) is 7.17. The Morgan fingerprint density at radius 1 is 1.42 bits per heavy atom. The van der Waals surface area contributed by atoms with Crippen molar-refractivity contribution in [3.05, 3.63) is 18.0 Å². The van der Waals surface area contributed by atoms with Crippen molar-refractivity contribution in [3.8, 4) is 0 Å². The molecule has 0 bridgehead atoms. The highest BCUT2D eigenvalue weighted by atomic mass is 16.5. The number of rotatable bonds is 3. The Kier molecular flexibility index (Phi) is 4.17. The van der Waals surface area contributed by atoms with Gasteiger partial charge in [0.15, 0.2) is 0 Å². The lowest BCUT2D eigenvalue weighted by molar-refractivity contribution is 0.00773. The summed E-state index contributed by atoms with van der Waals surface area (Å²) in [5.41, 5.74) is 6.91. The Labute approximate surface area is 114 Å². The molecule has 1 fully saturated rings. The summed E-state index contributed by atoms with van der Waals surface area (Å²) in [4.78, 5) is 12.2. The summed E-state index contributed by atoms with van der Waals surface area (Å²) >= 11 is 0. The zero-order valence-corrected chi connectivity index (χ0v) is 12.1. The third-order valence-electron chi connectivity index (χ3n) is 4.29. The minimum atomic E-state index is -0.245. The van der Waals surface area contributed by atoms with Crippen LogP contribution in [0.4, 0.5) is 5.69 Å². The normalized spacial score (nSPS) is 27.2. The van der Waals surface area contributed by atoms with E-state index in [9.17, 15) is 4.79 Å². The molecule has 0 spiro atoms. The van der Waals surface area contributed by atoms with Crippen LogP contribution in [-0.2, 0) is 11.3 Å². The zero-order valence-electron chi connectivity index (χ0n) is 12.1. The molecule has 0 aliphatic heterocycles. The molecule has 19 heavy (non-hydrogen) atoms. The van der Waals surface area contributed by atoms with E-state index in [0.29, 0.717) is 17.3 Å². The smallest absolute Gasteiger partial charge is 0.355 e. The Morgan fingerprint density at radius 3 is 2.79 bits per heavy atom. The highest BCUT2D eigenvalue weighted by Crippen LogP contribution is 2.31. The second-order valence-electron chi connectivity index (χ2n) is 5.74. The third kappa shape index (κ3) is 3.11. The van der Waals surface area contributed by atoms with Crippen molar-refractivity contribution < 1.29 is 9.53 Å². The number of aromatic nitrogens is 1. The quantitative estimate of drug-likeness (QED) is 0.854. The number of nitrogen functional groups attached to an aromatic ring is 1. The van der Waals surface area contributed by atoms with E-state index in [2.05, 4.69) is 13.8 Å². The summed E-state index contributed by atoms with van der Waals surface area (Å²) in [6.07, 6.45) is 4.91. The van der Waals surface area contributed by atoms with Crippen LogP contribution in [-0.4, -0.2) is 16.6 Å². The van der Waals surface area contributed by atoms with Gasteiger partial charge in [0.25, 0.3) is 0 Å². The monoisotopic (exact) mass is 264 g/mol. The minimum Gasteiger partial charge on any atom is -0.458 e. The molecule has 106 valence electrons. The van der Waals surface area contributed by atoms with Crippen molar-refractivity contribution in [3.63, 3.8) is 0 Å². The molecule has 0 amide bonds. The number of carbonyl (C=O) groups is 1. The molecule has 2 N–H and O–H groups in total. The highest BCUT2D eigenvalue weighted by molar-refractivity contribution is 5.89. The van der Waals surface area contributed by atoms with Gasteiger partial charge in [-0.05, 0) is 44.1 Å². The van der Waals surface area contributed by atoms with Crippen molar-refractivity contribution in [1.29, 1.82) is 0 Å². The van der Waals surface area contributed by atoms with Gasteiger partial charge in [-0.15, -0.1) is 0 Å². The number of hydrogen-bond donors (Lipinski definition) is 1. The Morgan fingerprint density at radius 2 is 2.16 bits per heavy atom. The van der Waals surface area contributed by atoms with Crippen molar-refractivity contribution >= 4 is 11.7 Å².